The van der Waals surface area contributed by atoms with Gasteiger partial charge in [-0.25, -0.2) is 15.0 Å². The van der Waals surface area contributed by atoms with Gasteiger partial charge in [-0.3, -0.25) is 4.79 Å². The summed E-state index contributed by atoms with van der Waals surface area (Å²) >= 11 is 5.48. The molecule has 0 aromatic carbocycles. The summed E-state index contributed by atoms with van der Waals surface area (Å²) in [7, 11) is 0. The Morgan fingerprint density at radius 2 is 1.39 bits per heavy atom. The fraction of sp³-hybridized carbons (Fsp3) is 0.500. The van der Waals surface area contributed by atoms with Crippen LogP contribution in [0.2, 0.25) is 5.15 Å². The molecule has 4 rings (SSSR count). The molecule has 152 valence electrons. The highest BCUT2D eigenvalue weighted by atomic mass is 35.5. The Kier molecular flexibility index (Phi) is 5.39. The molecule has 2 aromatic heterocycles. The minimum atomic E-state index is -4.54. The van der Waals surface area contributed by atoms with Gasteiger partial charge in [0.05, 0.1) is 0 Å². The molecule has 5 nitrogen and oxygen atoms in total. The number of nitrogens with zero attached hydrogens (tertiary/aromatic N) is 3. The van der Waals surface area contributed by atoms with Crippen LogP contribution in [0.3, 0.4) is 0 Å². The van der Waals surface area contributed by atoms with Gasteiger partial charge in [0.25, 0.3) is 5.56 Å². The van der Waals surface area contributed by atoms with Gasteiger partial charge in [-0.05, 0) is 25.7 Å². The molecule has 12 heteroatoms. The van der Waals surface area contributed by atoms with Crippen LogP contribution >= 0.6 is 11.6 Å². The number of rotatable bonds is 2. The van der Waals surface area contributed by atoms with Gasteiger partial charge in [-0.15, -0.1) is 0 Å². The summed E-state index contributed by atoms with van der Waals surface area (Å²) in [5.41, 5.74) is -2.81. The van der Waals surface area contributed by atoms with Crippen molar-refractivity contribution < 1.29 is 26.3 Å². The summed E-state index contributed by atoms with van der Waals surface area (Å²) < 4.78 is 73.5. The van der Waals surface area contributed by atoms with Crippen molar-refractivity contribution in [3.63, 3.8) is 0 Å². The molecule has 0 radical (unpaired) electrons. The largest absolute Gasteiger partial charge is 0.433 e. The number of nitrogens with one attached hydrogen (secondary N) is 1. The third kappa shape index (κ3) is 5.43. The second-order valence-corrected chi connectivity index (χ2v) is 6.88. The average molecular weight is 427 g/mol. The monoisotopic (exact) mass is 426 g/mol. The molecular formula is C16H13ClF6N4O. The minimum Gasteiger partial charge on any atom is -0.310 e. The van der Waals surface area contributed by atoms with Crippen molar-refractivity contribution in [1.82, 2.24) is 19.9 Å². The van der Waals surface area contributed by atoms with Crippen LogP contribution in [0.1, 0.15) is 60.6 Å². The summed E-state index contributed by atoms with van der Waals surface area (Å²) in [5, 5.41) is -0.144. The van der Waals surface area contributed by atoms with Crippen LogP contribution in [0, 0.1) is 0 Å². The number of aromatic amines is 1. The first kappa shape index (κ1) is 20.6. The van der Waals surface area contributed by atoms with E-state index >= 15 is 0 Å². The lowest BCUT2D eigenvalue weighted by molar-refractivity contribution is -0.142. The summed E-state index contributed by atoms with van der Waals surface area (Å²) in [6, 6.07) is 1.22. The molecule has 2 fully saturated rings. The van der Waals surface area contributed by atoms with Crippen molar-refractivity contribution in [2.45, 2.75) is 49.9 Å². The molecule has 2 aromatic rings. The smallest absolute Gasteiger partial charge is 0.310 e. The molecule has 1 N–H and O–H groups in total. The van der Waals surface area contributed by atoms with Gasteiger partial charge in [0.2, 0.25) is 0 Å². The van der Waals surface area contributed by atoms with Crippen LogP contribution in [0.4, 0.5) is 26.3 Å². The van der Waals surface area contributed by atoms with Gasteiger partial charge < -0.3 is 4.98 Å². The Hall–Kier alpha value is -2.17. The van der Waals surface area contributed by atoms with E-state index < -0.39 is 29.3 Å². The molecular weight excluding hydrogens is 414 g/mol. The topological polar surface area (TPSA) is 71.5 Å². The quantitative estimate of drug-likeness (QED) is 0.558. The SMILES string of the molecule is FC(F)(F)c1cc(Cl)nc(C2CC2)n1.O=c1cc(C(F)(F)F)nc(C2CC2)[nH]1. The summed E-state index contributed by atoms with van der Waals surface area (Å²) in [6.07, 6.45) is -5.71. The van der Waals surface area contributed by atoms with Crippen LogP contribution in [0.25, 0.3) is 0 Å². The maximum atomic E-state index is 12.3. The van der Waals surface area contributed by atoms with Gasteiger partial charge in [-0.2, -0.15) is 26.3 Å². The second-order valence-electron chi connectivity index (χ2n) is 6.49. The van der Waals surface area contributed by atoms with Crippen LogP contribution < -0.4 is 5.56 Å². The molecule has 0 amide bonds. The molecule has 0 atom stereocenters. The van der Waals surface area contributed by atoms with E-state index in [0.717, 1.165) is 31.7 Å². The first-order chi connectivity index (χ1) is 12.9. The molecule has 2 aliphatic rings. The Balaban J connectivity index is 0.000000161. The Morgan fingerprint density at radius 3 is 1.89 bits per heavy atom. The fourth-order valence-corrected chi connectivity index (χ4v) is 2.47. The van der Waals surface area contributed by atoms with E-state index in [9.17, 15) is 31.1 Å². The van der Waals surface area contributed by atoms with Gasteiger partial charge in [0.1, 0.15) is 22.5 Å². The Labute approximate surface area is 159 Å². The Morgan fingerprint density at radius 1 is 0.857 bits per heavy atom. The van der Waals surface area contributed by atoms with Crippen LogP contribution in [-0.4, -0.2) is 19.9 Å². The van der Waals surface area contributed by atoms with E-state index in [0.29, 0.717) is 6.07 Å². The lowest BCUT2D eigenvalue weighted by Crippen LogP contribution is -2.18. The summed E-state index contributed by atoms with van der Waals surface area (Å²) in [5.74, 6) is 0.439. The van der Waals surface area contributed by atoms with E-state index in [-0.39, 0.29) is 28.6 Å². The van der Waals surface area contributed by atoms with Crippen LogP contribution in [0.15, 0.2) is 16.9 Å². The Bertz CT molecular complexity index is 919. The molecule has 0 spiro atoms. The average Bonchev–Trinajstić information content (AvgIpc) is 3.46. The number of H-pyrrole nitrogens is 1. The highest BCUT2D eigenvalue weighted by molar-refractivity contribution is 6.29. The lowest BCUT2D eigenvalue weighted by atomic mass is 10.3. The number of alkyl halides is 6. The number of hydrogen-bond donors (Lipinski definition) is 1. The summed E-state index contributed by atoms with van der Waals surface area (Å²) in [4.78, 5) is 23.8. The van der Waals surface area contributed by atoms with Crippen LogP contribution in [0.5, 0.6) is 0 Å². The standard InChI is InChI=1S/C8H6ClF3N2.C8H7F3N2O/c9-6-3-5(8(10,11)12)13-7(14-6)4-1-2-4;9-8(10,11)5-3-6(14)13-7(12-5)4-1-2-4/h3-4H,1-2H2;3-4H,1-2H2,(H,12,13,14). The van der Waals surface area contributed by atoms with E-state index in [4.69, 9.17) is 11.6 Å². The predicted octanol–water partition coefficient (Wildman–Crippen LogP) is 4.69. The maximum absolute atomic E-state index is 12.3. The number of halogens is 7. The lowest BCUT2D eigenvalue weighted by Gasteiger charge is -2.07. The molecule has 0 aliphatic heterocycles. The molecule has 2 saturated carbocycles. The van der Waals surface area contributed by atoms with Gasteiger partial charge in [0.15, 0.2) is 5.69 Å². The number of hydrogen-bond acceptors (Lipinski definition) is 4. The summed E-state index contributed by atoms with van der Waals surface area (Å²) in [6.45, 7) is 0. The fourth-order valence-electron chi connectivity index (χ4n) is 2.28. The molecule has 2 heterocycles. The predicted molar refractivity (Wildman–Crippen MR) is 85.9 cm³/mol. The van der Waals surface area contributed by atoms with E-state index in [1.807, 2.05) is 0 Å². The first-order valence-corrected chi connectivity index (χ1v) is 8.61. The van der Waals surface area contributed by atoms with Crippen molar-refractivity contribution >= 4 is 11.6 Å². The van der Waals surface area contributed by atoms with Crippen molar-refractivity contribution in [3.05, 3.63) is 50.7 Å². The first-order valence-electron chi connectivity index (χ1n) is 8.23. The normalized spacial score (nSPS) is 17.1. The highest BCUT2D eigenvalue weighted by Gasteiger charge is 2.36. The highest BCUT2D eigenvalue weighted by Crippen LogP contribution is 2.40. The minimum absolute atomic E-state index is 0.00463. The van der Waals surface area contributed by atoms with Gasteiger partial charge in [0, 0.05) is 24.0 Å². The van der Waals surface area contributed by atoms with Gasteiger partial charge in [-0.1, -0.05) is 11.6 Å². The molecule has 0 saturated heterocycles. The van der Waals surface area contributed by atoms with Gasteiger partial charge >= 0.3 is 12.4 Å². The van der Waals surface area contributed by atoms with E-state index in [1.54, 1.807) is 0 Å². The van der Waals surface area contributed by atoms with Crippen molar-refractivity contribution in [1.29, 1.82) is 0 Å². The van der Waals surface area contributed by atoms with Crippen molar-refractivity contribution in [2.24, 2.45) is 0 Å². The van der Waals surface area contributed by atoms with E-state index in [1.165, 1.54) is 0 Å². The number of aromatic nitrogens is 4. The zero-order chi connectivity index (χ0) is 20.7. The molecule has 28 heavy (non-hydrogen) atoms. The third-order valence-corrected chi connectivity index (χ3v) is 4.15. The maximum Gasteiger partial charge on any atom is 0.433 e. The molecule has 0 bridgehead atoms. The zero-order valence-corrected chi connectivity index (χ0v) is 14.8. The van der Waals surface area contributed by atoms with Crippen LogP contribution in [-0.2, 0) is 12.4 Å². The molecule has 0 unspecified atom stereocenters. The van der Waals surface area contributed by atoms with E-state index in [2.05, 4.69) is 19.9 Å². The second kappa shape index (κ2) is 7.34. The molecule has 2 aliphatic carbocycles. The van der Waals surface area contributed by atoms with Crippen molar-refractivity contribution in [3.8, 4) is 0 Å². The zero-order valence-electron chi connectivity index (χ0n) is 14.0. The van der Waals surface area contributed by atoms with Crippen molar-refractivity contribution in [2.75, 3.05) is 0 Å². The third-order valence-electron chi connectivity index (χ3n) is 3.96.